The number of aromatic nitrogens is 3. The summed E-state index contributed by atoms with van der Waals surface area (Å²) in [5.74, 6) is 1.07. The third-order valence-electron chi connectivity index (χ3n) is 4.16. The largest absolute Gasteiger partial charge is 0.433 e. The molecule has 25 heavy (non-hydrogen) atoms. The van der Waals surface area contributed by atoms with Gasteiger partial charge in [-0.15, -0.1) is 0 Å². The van der Waals surface area contributed by atoms with Crippen LogP contribution in [0.3, 0.4) is 0 Å². The molecule has 3 aromatic heterocycles. The Kier molecular flexibility index (Phi) is 3.95. The maximum atomic E-state index is 10.7. The van der Waals surface area contributed by atoms with E-state index in [9.17, 15) is 10.1 Å². The molecule has 0 amide bonds. The van der Waals surface area contributed by atoms with Crippen LogP contribution in [-0.2, 0) is 19.5 Å². The monoisotopic (exact) mass is 337 g/mol. The Bertz CT molecular complexity index is 910. The zero-order valence-electron chi connectivity index (χ0n) is 13.3. The molecule has 0 saturated carbocycles. The van der Waals surface area contributed by atoms with Crippen LogP contribution in [0.4, 0.5) is 5.88 Å². The number of pyridine rings is 1. The Balaban J connectivity index is 1.49. The van der Waals surface area contributed by atoms with Crippen molar-refractivity contribution in [2.24, 2.45) is 0 Å². The highest BCUT2D eigenvalue weighted by Crippen LogP contribution is 2.23. The Hall–Kier alpha value is -3.13. The molecule has 4 rings (SSSR count). The van der Waals surface area contributed by atoms with Crippen LogP contribution >= 0.6 is 0 Å². The zero-order chi connectivity index (χ0) is 17.2. The van der Waals surface area contributed by atoms with Gasteiger partial charge in [0.1, 0.15) is 10.7 Å². The number of hydrogen-bond donors (Lipinski definition) is 0. The summed E-state index contributed by atoms with van der Waals surface area (Å²) in [5, 5.41) is 10.7. The van der Waals surface area contributed by atoms with Gasteiger partial charge in [-0.05, 0) is 18.2 Å². The number of hydrogen-bond acceptors (Lipinski definition) is 7. The van der Waals surface area contributed by atoms with Gasteiger partial charge in [0.05, 0.1) is 18.3 Å². The Morgan fingerprint density at radius 2 is 2.08 bits per heavy atom. The molecule has 0 bridgehead atoms. The maximum Gasteiger partial charge on any atom is 0.433 e. The fourth-order valence-electron chi connectivity index (χ4n) is 2.92. The lowest BCUT2D eigenvalue weighted by molar-refractivity contribution is -0.402. The molecule has 0 fully saturated rings. The van der Waals surface area contributed by atoms with E-state index in [1.807, 2.05) is 18.3 Å². The Labute approximate surface area is 143 Å². The quantitative estimate of drug-likeness (QED) is 0.533. The highest BCUT2D eigenvalue weighted by molar-refractivity contribution is 5.54. The average molecular weight is 337 g/mol. The van der Waals surface area contributed by atoms with E-state index in [0.717, 1.165) is 29.8 Å². The van der Waals surface area contributed by atoms with Crippen LogP contribution in [0.5, 0.6) is 0 Å². The normalized spacial score (nSPS) is 14.2. The van der Waals surface area contributed by atoms with Crippen molar-refractivity contribution >= 4 is 5.88 Å². The summed E-state index contributed by atoms with van der Waals surface area (Å²) in [6.07, 6.45) is 6.11. The summed E-state index contributed by atoms with van der Waals surface area (Å²) >= 11 is 0. The molecule has 3 aromatic rings. The first-order valence-corrected chi connectivity index (χ1v) is 7.90. The molecule has 0 spiro atoms. The first-order valence-electron chi connectivity index (χ1n) is 7.90. The van der Waals surface area contributed by atoms with E-state index in [4.69, 9.17) is 4.42 Å². The van der Waals surface area contributed by atoms with E-state index in [1.165, 1.54) is 6.07 Å². The van der Waals surface area contributed by atoms with E-state index in [-0.39, 0.29) is 5.88 Å². The van der Waals surface area contributed by atoms with Gasteiger partial charge >= 0.3 is 5.88 Å². The van der Waals surface area contributed by atoms with Crippen molar-refractivity contribution in [3.05, 3.63) is 70.0 Å². The van der Waals surface area contributed by atoms with Gasteiger partial charge in [0.25, 0.3) is 0 Å². The van der Waals surface area contributed by atoms with Crippen molar-refractivity contribution in [3.63, 3.8) is 0 Å². The van der Waals surface area contributed by atoms with Crippen LogP contribution in [0, 0.1) is 10.1 Å². The summed E-state index contributed by atoms with van der Waals surface area (Å²) in [7, 11) is 0. The standard InChI is InChI=1S/C17H15N5O3/c23-22(24)16-2-1-14(25-16)11-21-8-5-15-13(10-21)9-19-17(20-15)12-3-6-18-7-4-12/h1-4,6-7,9H,5,8,10-11H2. The van der Waals surface area contributed by atoms with Gasteiger partial charge in [-0.25, -0.2) is 9.97 Å². The molecule has 8 heteroatoms. The maximum absolute atomic E-state index is 10.7. The van der Waals surface area contributed by atoms with Crippen molar-refractivity contribution in [2.45, 2.75) is 19.5 Å². The summed E-state index contributed by atoms with van der Waals surface area (Å²) in [6, 6.07) is 6.81. The van der Waals surface area contributed by atoms with Gasteiger partial charge in [0.2, 0.25) is 0 Å². The van der Waals surface area contributed by atoms with Crippen molar-refractivity contribution in [3.8, 4) is 11.4 Å². The van der Waals surface area contributed by atoms with Crippen LogP contribution in [-0.4, -0.2) is 31.3 Å². The van der Waals surface area contributed by atoms with Crippen LogP contribution in [0.1, 0.15) is 17.0 Å². The summed E-state index contributed by atoms with van der Waals surface area (Å²) in [4.78, 5) is 25.5. The molecule has 1 aliphatic heterocycles. The van der Waals surface area contributed by atoms with Crippen LogP contribution < -0.4 is 0 Å². The minimum absolute atomic E-state index is 0.224. The second-order valence-electron chi connectivity index (χ2n) is 5.86. The highest BCUT2D eigenvalue weighted by Gasteiger charge is 2.21. The van der Waals surface area contributed by atoms with Gasteiger partial charge < -0.3 is 4.42 Å². The molecule has 126 valence electrons. The number of furan rings is 1. The second kappa shape index (κ2) is 6.40. The number of fused-ring (bicyclic) bond motifs is 1. The van der Waals surface area contributed by atoms with Gasteiger partial charge in [0, 0.05) is 49.2 Å². The topological polar surface area (TPSA) is 98.2 Å². The lowest BCUT2D eigenvalue weighted by Crippen LogP contribution is -2.30. The predicted octanol–water partition coefficient (Wildman–Crippen LogP) is 2.60. The fourth-order valence-corrected chi connectivity index (χ4v) is 2.92. The summed E-state index contributed by atoms with van der Waals surface area (Å²) < 4.78 is 5.23. The molecular formula is C17H15N5O3. The van der Waals surface area contributed by atoms with Crippen LogP contribution in [0.15, 0.2) is 47.3 Å². The molecule has 0 radical (unpaired) electrons. The SMILES string of the molecule is O=[N+]([O-])c1ccc(CN2CCc3nc(-c4ccncc4)ncc3C2)o1. The third kappa shape index (κ3) is 3.24. The zero-order valence-corrected chi connectivity index (χ0v) is 13.3. The summed E-state index contributed by atoms with van der Waals surface area (Å²) in [6.45, 7) is 2.04. The first kappa shape index (κ1) is 15.4. The van der Waals surface area contributed by atoms with Crippen LogP contribution in [0.2, 0.25) is 0 Å². The summed E-state index contributed by atoms with van der Waals surface area (Å²) in [5.41, 5.74) is 3.07. The van der Waals surface area contributed by atoms with Gasteiger partial charge in [-0.2, -0.15) is 0 Å². The Morgan fingerprint density at radius 1 is 1.24 bits per heavy atom. The predicted molar refractivity (Wildman–Crippen MR) is 88.4 cm³/mol. The molecule has 0 aliphatic carbocycles. The molecule has 4 heterocycles. The van der Waals surface area contributed by atoms with Crippen molar-refractivity contribution in [1.82, 2.24) is 19.9 Å². The van der Waals surface area contributed by atoms with E-state index >= 15 is 0 Å². The third-order valence-corrected chi connectivity index (χ3v) is 4.16. The van der Waals surface area contributed by atoms with Gasteiger partial charge in [0.15, 0.2) is 5.82 Å². The smallest absolute Gasteiger partial charge is 0.404 e. The van der Waals surface area contributed by atoms with E-state index < -0.39 is 4.92 Å². The lowest BCUT2D eigenvalue weighted by Gasteiger charge is -2.27. The molecule has 0 unspecified atom stereocenters. The first-order chi connectivity index (χ1) is 12.2. The molecule has 0 saturated heterocycles. The number of rotatable bonds is 4. The fraction of sp³-hybridized carbons (Fsp3) is 0.235. The van der Waals surface area contributed by atoms with E-state index in [2.05, 4.69) is 19.9 Å². The number of nitrogens with zero attached hydrogens (tertiary/aromatic N) is 5. The molecular weight excluding hydrogens is 322 g/mol. The van der Waals surface area contributed by atoms with Crippen LogP contribution in [0.25, 0.3) is 11.4 Å². The molecule has 0 atom stereocenters. The number of nitro groups is 1. The molecule has 0 aromatic carbocycles. The van der Waals surface area contributed by atoms with Crippen molar-refractivity contribution < 1.29 is 9.34 Å². The average Bonchev–Trinajstić information content (AvgIpc) is 3.11. The van der Waals surface area contributed by atoms with Crippen molar-refractivity contribution in [2.75, 3.05) is 6.54 Å². The van der Waals surface area contributed by atoms with Gasteiger partial charge in [-0.3, -0.25) is 20.0 Å². The minimum atomic E-state index is -0.524. The van der Waals surface area contributed by atoms with Gasteiger partial charge in [-0.1, -0.05) is 0 Å². The Morgan fingerprint density at radius 3 is 2.84 bits per heavy atom. The lowest BCUT2D eigenvalue weighted by atomic mass is 10.1. The van der Waals surface area contributed by atoms with E-state index in [1.54, 1.807) is 18.5 Å². The highest BCUT2D eigenvalue weighted by atomic mass is 16.6. The molecule has 1 aliphatic rings. The molecule has 8 nitrogen and oxygen atoms in total. The second-order valence-corrected chi connectivity index (χ2v) is 5.86. The molecule has 0 N–H and O–H groups in total. The van der Waals surface area contributed by atoms with E-state index in [0.29, 0.717) is 24.7 Å². The van der Waals surface area contributed by atoms with Crippen molar-refractivity contribution in [1.29, 1.82) is 0 Å². The minimum Gasteiger partial charge on any atom is -0.404 e.